The number of rotatable bonds is 3. The van der Waals surface area contributed by atoms with Gasteiger partial charge < -0.3 is 20.4 Å². The molecular weight excluding hydrogens is 292 g/mol. The van der Waals surface area contributed by atoms with Crippen LogP contribution in [-0.2, 0) is 7.05 Å². The molecule has 0 aliphatic carbocycles. The van der Waals surface area contributed by atoms with Crippen molar-refractivity contribution in [2.75, 3.05) is 18.8 Å². The van der Waals surface area contributed by atoms with E-state index in [-0.39, 0.29) is 0 Å². The highest BCUT2D eigenvalue weighted by atomic mass is 16.5. The molecule has 0 bridgehead atoms. The maximum atomic E-state index is 5.92. The first kappa shape index (κ1) is 13.6. The molecule has 0 saturated carbocycles. The zero-order valence-corrected chi connectivity index (χ0v) is 12.7. The molecule has 0 spiro atoms. The fraction of sp³-hybridized carbons (Fsp3) is 0.188. The minimum absolute atomic E-state index is 0.480. The summed E-state index contributed by atoms with van der Waals surface area (Å²) in [4.78, 5) is 13.0. The average molecular weight is 308 g/mol. The summed E-state index contributed by atoms with van der Waals surface area (Å²) >= 11 is 0. The minimum Gasteiger partial charge on any atom is -0.457 e. The van der Waals surface area contributed by atoms with Gasteiger partial charge in [-0.15, -0.1) is 0 Å². The van der Waals surface area contributed by atoms with E-state index in [1.54, 1.807) is 6.20 Å². The first-order chi connectivity index (χ1) is 11.2. The molecule has 116 valence electrons. The van der Waals surface area contributed by atoms with Crippen LogP contribution < -0.4 is 15.8 Å². The second kappa shape index (κ2) is 5.28. The standard InChI is InChI=1S/C16H16N6O/c1-22-14-3-2-10(8-12(14)21-16(22)17)23-11-4-5-18-13(9-11)15-19-6-7-20-15/h2-5,8-9H,6-7H2,1H3,(H2,17,21)(H,19,20). The van der Waals surface area contributed by atoms with Crippen molar-refractivity contribution in [3.05, 3.63) is 42.2 Å². The van der Waals surface area contributed by atoms with E-state index >= 15 is 0 Å². The number of benzene rings is 1. The maximum absolute atomic E-state index is 5.92. The topological polar surface area (TPSA) is 90.4 Å². The number of hydrogen-bond donors (Lipinski definition) is 2. The number of nitrogens with two attached hydrogens (primary N) is 1. The molecule has 0 atom stereocenters. The molecular formula is C16H16N6O. The van der Waals surface area contributed by atoms with Gasteiger partial charge in [-0.05, 0) is 18.2 Å². The third kappa shape index (κ3) is 2.46. The third-order valence-electron chi connectivity index (χ3n) is 3.77. The van der Waals surface area contributed by atoms with Crippen LogP contribution in [0.5, 0.6) is 11.5 Å². The molecule has 0 saturated heterocycles. The van der Waals surface area contributed by atoms with E-state index in [2.05, 4.69) is 20.3 Å². The Bertz CT molecular complexity index is 914. The molecule has 3 aromatic rings. The Morgan fingerprint density at radius 2 is 2.09 bits per heavy atom. The second-order valence-electron chi connectivity index (χ2n) is 5.32. The van der Waals surface area contributed by atoms with Crippen LogP contribution in [0.4, 0.5) is 5.95 Å². The molecule has 0 amide bonds. The lowest BCUT2D eigenvalue weighted by Gasteiger charge is -2.07. The Labute approximate surface area is 132 Å². The number of ether oxygens (including phenoxy) is 1. The summed E-state index contributed by atoms with van der Waals surface area (Å²) in [6.45, 7) is 1.62. The van der Waals surface area contributed by atoms with Crippen molar-refractivity contribution in [1.29, 1.82) is 0 Å². The lowest BCUT2D eigenvalue weighted by Crippen LogP contribution is -2.20. The number of aliphatic imine (C=N–C) groups is 1. The van der Waals surface area contributed by atoms with Crippen molar-refractivity contribution < 1.29 is 4.74 Å². The van der Waals surface area contributed by atoms with Gasteiger partial charge in [0, 0.05) is 31.9 Å². The smallest absolute Gasteiger partial charge is 0.200 e. The SMILES string of the molecule is Cn1c(N)nc2cc(Oc3ccnc(C4=NCCN4)c3)ccc21. The Hall–Kier alpha value is -3.09. The Balaban J connectivity index is 1.64. The van der Waals surface area contributed by atoms with Crippen molar-refractivity contribution in [1.82, 2.24) is 19.9 Å². The number of pyridine rings is 1. The normalized spacial score (nSPS) is 13.9. The number of hydrogen-bond acceptors (Lipinski definition) is 6. The summed E-state index contributed by atoms with van der Waals surface area (Å²) in [7, 11) is 1.88. The molecule has 3 N–H and O–H groups in total. The maximum Gasteiger partial charge on any atom is 0.200 e. The van der Waals surface area contributed by atoms with Gasteiger partial charge in [0.15, 0.2) is 0 Å². The Morgan fingerprint density at radius 1 is 1.22 bits per heavy atom. The van der Waals surface area contributed by atoms with Gasteiger partial charge in [-0.3, -0.25) is 9.98 Å². The van der Waals surface area contributed by atoms with Gasteiger partial charge in [0.05, 0.1) is 17.6 Å². The number of nitrogens with zero attached hydrogens (tertiary/aromatic N) is 4. The monoisotopic (exact) mass is 308 g/mol. The number of amidine groups is 1. The zero-order valence-electron chi connectivity index (χ0n) is 12.7. The highest BCUT2D eigenvalue weighted by Gasteiger charge is 2.11. The fourth-order valence-electron chi connectivity index (χ4n) is 2.57. The molecule has 7 nitrogen and oxygen atoms in total. The summed E-state index contributed by atoms with van der Waals surface area (Å²) in [5.41, 5.74) is 8.38. The fourth-order valence-corrected chi connectivity index (χ4v) is 2.57. The van der Waals surface area contributed by atoms with Gasteiger partial charge in [0.2, 0.25) is 5.95 Å². The number of imidazole rings is 1. The van der Waals surface area contributed by atoms with Crippen LogP contribution in [0.2, 0.25) is 0 Å². The van der Waals surface area contributed by atoms with Gasteiger partial charge in [0.25, 0.3) is 0 Å². The van der Waals surface area contributed by atoms with Gasteiger partial charge in [-0.2, -0.15) is 0 Å². The number of aromatic nitrogens is 3. The minimum atomic E-state index is 0.480. The Morgan fingerprint density at radius 3 is 2.91 bits per heavy atom. The van der Waals surface area contributed by atoms with Gasteiger partial charge >= 0.3 is 0 Å². The van der Waals surface area contributed by atoms with E-state index in [1.807, 2.05) is 41.9 Å². The van der Waals surface area contributed by atoms with Crippen molar-refractivity contribution >= 4 is 22.8 Å². The van der Waals surface area contributed by atoms with Gasteiger partial charge in [0.1, 0.15) is 23.0 Å². The third-order valence-corrected chi connectivity index (χ3v) is 3.77. The molecule has 3 heterocycles. The van der Waals surface area contributed by atoms with E-state index in [0.717, 1.165) is 35.7 Å². The van der Waals surface area contributed by atoms with Crippen LogP contribution in [-0.4, -0.2) is 33.5 Å². The largest absolute Gasteiger partial charge is 0.457 e. The van der Waals surface area contributed by atoms with E-state index in [4.69, 9.17) is 10.5 Å². The zero-order chi connectivity index (χ0) is 15.8. The van der Waals surface area contributed by atoms with Crippen molar-refractivity contribution in [2.24, 2.45) is 12.0 Å². The highest BCUT2D eigenvalue weighted by Crippen LogP contribution is 2.26. The molecule has 0 radical (unpaired) electrons. The number of aryl methyl sites for hydroxylation is 1. The molecule has 0 fully saturated rings. The van der Waals surface area contributed by atoms with Gasteiger partial charge in [-0.25, -0.2) is 4.98 Å². The molecule has 7 heteroatoms. The van der Waals surface area contributed by atoms with Crippen LogP contribution in [0.3, 0.4) is 0 Å². The lowest BCUT2D eigenvalue weighted by atomic mass is 10.3. The first-order valence-corrected chi connectivity index (χ1v) is 7.35. The predicted molar refractivity (Wildman–Crippen MR) is 88.8 cm³/mol. The van der Waals surface area contributed by atoms with Crippen LogP contribution in [0.1, 0.15) is 5.69 Å². The average Bonchev–Trinajstić information content (AvgIpc) is 3.17. The first-order valence-electron chi connectivity index (χ1n) is 7.35. The number of fused-ring (bicyclic) bond motifs is 1. The highest BCUT2D eigenvalue weighted by molar-refractivity contribution is 5.98. The van der Waals surface area contributed by atoms with Gasteiger partial charge in [-0.1, -0.05) is 0 Å². The van der Waals surface area contributed by atoms with E-state index < -0.39 is 0 Å². The van der Waals surface area contributed by atoms with E-state index in [0.29, 0.717) is 17.4 Å². The molecule has 1 aromatic carbocycles. The quantitative estimate of drug-likeness (QED) is 0.768. The lowest BCUT2D eigenvalue weighted by molar-refractivity contribution is 0.482. The van der Waals surface area contributed by atoms with Crippen LogP contribution >= 0.6 is 0 Å². The van der Waals surface area contributed by atoms with E-state index in [9.17, 15) is 0 Å². The number of nitrogen functional groups attached to an aromatic ring is 1. The molecule has 2 aromatic heterocycles. The number of nitrogens with one attached hydrogen (secondary N) is 1. The number of anilines is 1. The van der Waals surface area contributed by atoms with Crippen molar-refractivity contribution in [3.8, 4) is 11.5 Å². The van der Waals surface area contributed by atoms with E-state index in [1.165, 1.54) is 0 Å². The summed E-state index contributed by atoms with van der Waals surface area (Å²) in [5.74, 6) is 2.70. The van der Waals surface area contributed by atoms with Crippen molar-refractivity contribution in [3.63, 3.8) is 0 Å². The van der Waals surface area contributed by atoms with Crippen LogP contribution in [0.25, 0.3) is 11.0 Å². The van der Waals surface area contributed by atoms with Crippen LogP contribution in [0.15, 0.2) is 41.5 Å². The summed E-state index contributed by atoms with van der Waals surface area (Å²) < 4.78 is 7.76. The second-order valence-corrected chi connectivity index (χ2v) is 5.32. The Kier molecular flexibility index (Phi) is 3.11. The molecule has 0 unspecified atom stereocenters. The summed E-state index contributed by atoms with van der Waals surface area (Å²) in [6, 6.07) is 9.40. The molecule has 23 heavy (non-hydrogen) atoms. The summed E-state index contributed by atoms with van der Waals surface area (Å²) in [6.07, 6.45) is 1.71. The predicted octanol–water partition coefficient (Wildman–Crippen LogP) is 1.69. The summed E-state index contributed by atoms with van der Waals surface area (Å²) in [5, 5.41) is 3.20. The molecule has 4 rings (SSSR count). The molecule has 1 aliphatic rings. The van der Waals surface area contributed by atoms with Crippen molar-refractivity contribution in [2.45, 2.75) is 0 Å². The molecule has 1 aliphatic heterocycles. The van der Waals surface area contributed by atoms with Crippen LogP contribution in [0, 0.1) is 0 Å².